The van der Waals surface area contributed by atoms with Crippen LogP contribution in [0.4, 0.5) is 4.79 Å². The maximum atomic E-state index is 12.2. The van der Waals surface area contributed by atoms with Gasteiger partial charge in [0.25, 0.3) is 0 Å². The van der Waals surface area contributed by atoms with Gasteiger partial charge in [-0.1, -0.05) is 13.8 Å². The maximum absolute atomic E-state index is 12.2. The quantitative estimate of drug-likeness (QED) is 0.874. The molecule has 1 fully saturated rings. The van der Waals surface area contributed by atoms with E-state index in [-0.39, 0.29) is 18.7 Å². The first kappa shape index (κ1) is 16.2. The first-order valence-electron chi connectivity index (χ1n) is 7.67. The second kappa shape index (κ2) is 7.22. The van der Waals surface area contributed by atoms with Gasteiger partial charge in [0.2, 0.25) is 0 Å². The van der Waals surface area contributed by atoms with Crippen LogP contribution in [-0.2, 0) is 12.8 Å². The fourth-order valence-electron chi connectivity index (χ4n) is 2.84. The van der Waals surface area contributed by atoms with Crippen molar-refractivity contribution in [2.75, 3.05) is 19.7 Å². The Labute approximate surface area is 130 Å². The molecule has 1 aromatic rings. The number of carbonyl (C=O) groups excluding carboxylic acids is 1. The number of likely N-dealkylation sites (tertiary alicyclic amines) is 1. The average molecular weight is 311 g/mol. The summed E-state index contributed by atoms with van der Waals surface area (Å²) in [4.78, 5) is 19.8. The summed E-state index contributed by atoms with van der Waals surface area (Å²) in [6, 6.07) is -0.110. The summed E-state index contributed by atoms with van der Waals surface area (Å²) in [6.07, 6.45) is 2.69. The molecule has 2 rings (SSSR count). The molecule has 2 N–H and O–H groups in total. The van der Waals surface area contributed by atoms with Crippen molar-refractivity contribution in [2.24, 2.45) is 5.92 Å². The molecule has 1 aliphatic rings. The van der Waals surface area contributed by atoms with Gasteiger partial charge in [-0.05, 0) is 25.7 Å². The van der Waals surface area contributed by atoms with Crippen molar-refractivity contribution in [3.05, 3.63) is 15.6 Å². The molecule has 0 spiro atoms. The van der Waals surface area contributed by atoms with Crippen LogP contribution >= 0.6 is 11.3 Å². The number of carbonyl (C=O) groups is 1. The molecule has 0 aliphatic carbocycles. The third-order valence-electron chi connectivity index (χ3n) is 4.22. The third kappa shape index (κ3) is 3.74. The van der Waals surface area contributed by atoms with Gasteiger partial charge >= 0.3 is 6.03 Å². The van der Waals surface area contributed by atoms with E-state index < -0.39 is 0 Å². The number of hydrogen-bond acceptors (Lipinski definition) is 4. The average Bonchev–Trinajstić information content (AvgIpc) is 3.01. The number of hydrogen-bond donors (Lipinski definition) is 2. The van der Waals surface area contributed by atoms with Crippen molar-refractivity contribution in [2.45, 2.75) is 46.1 Å². The van der Waals surface area contributed by atoms with E-state index in [1.807, 2.05) is 0 Å². The molecule has 1 saturated heterocycles. The van der Waals surface area contributed by atoms with Crippen molar-refractivity contribution in [1.29, 1.82) is 0 Å². The van der Waals surface area contributed by atoms with E-state index in [4.69, 9.17) is 0 Å². The van der Waals surface area contributed by atoms with Crippen LogP contribution in [0.2, 0.25) is 0 Å². The highest BCUT2D eigenvalue weighted by Gasteiger charge is 2.33. The molecular formula is C15H25N3O2S. The molecule has 1 aliphatic heterocycles. The molecule has 0 aromatic carbocycles. The molecule has 118 valence electrons. The smallest absolute Gasteiger partial charge is 0.317 e. The lowest BCUT2D eigenvalue weighted by atomic mass is 10.0. The van der Waals surface area contributed by atoms with Crippen molar-refractivity contribution in [3.8, 4) is 0 Å². The predicted octanol–water partition coefficient (Wildman–Crippen LogP) is 1.97. The Balaban J connectivity index is 1.81. The Hall–Kier alpha value is -1.14. The van der Waals surface area contributed by atoms with Crippen molar-refractivity contribution < 1.29 is 9.90 Å². The Morgan fingerprint density at radius 2 is 2.33 bits per heavy atom. The largest absolute Gasteiger partial charge is 0.394 e. The summed E-state index contributed by atoms with van der Waals surface area (Å²) < 4.78 is 0. The molecule has 2 amide bonds. The van der Waals surface area contributed by atoms with E-state index >= 15 is 0 Å². The fraction of sp³-hybridized carbons (Fsp3) is 0.733. The molecule has 0 bridgehead atoms. The van der Waals surface area contributed by atoms with Crippen LogP contribution in [0.3, 0.4) is 0 Å². The summed E-state index contributed by atoms with van der Waals surface area (Å²) in [5.41, 5.74) is 1.16. The van der Waals surface area contributed by atoms with Gasteiger partial charge in [-0.2, -0.15) is 0 Å². The first-order chi connectivity index (χ1) is 10.1. The second-order valence-corrected chi connectivity index (χ2v) is 6.94. The van der Waals surface area contributed by atoms with Gasteiger partial charge in [-0.3, -0.25) is 0 Å². The van der Waals surface area contributed by atoms with Crippen LogP contribution in [-0.4, -0.2) is 46.8 Å². The maximum Gasteiger partial charge on any atom is 0.317 e. The number of aliphatic hydroxyl groups is 1. The van der Waals surface area contributed by atoms with Crippen LogP contribution < -0.4 is 5.32 Å². The van der Waals surface area contributed by atoms with Gasteiger partial charge in [-0.15, -0.1) is 11.3 Å². The van der Waals surface area contributed by atoms with E-state index in [0.29, 0.717) is 12.5 Å². The molecule has 6 heteroatoms. The Morgan fingerprint density at radius 1 is 1.57 bits per heavy atom. The zero-order valence-electron chi connectivity index (χ0n) is 13.1. The molecule has 5 nitrogen and oxygen atoms in total. The Kier molecular flexibility index (Phi) is 5.58. The van der Waals surface area contributed by atoms with Gasteiger partial charge in [0.15, 0.2) is 0 Å². The lowest BCUT2D eigenvalue weighted by Gasteiger charge is -2.25. The van der Waals surface area contributed by atoms with E-state index in [0.717, 1.165) is 36.5 Å². The van der Waals surface area contributed by atoms with Crippen LogP contribution in [0.25, 0.3) is 0 Å². The standard InChI is InChI=1S/C15H25N3O2S/c1-4-12-11(3)21-14(17-12)5-7-16-15(20)18-8-6-10(2)13(18)9-19/h10,13,19H,4-9H2,1-3H3,(H,16,20)/t10-,13-/m1/s1. The third-order valence-corrected chi connectivity index (χ3v) is 5.29. The summed E-state index contributed by atoms with van der Waals surface area (Å²) in [7, 11) is 0. The van der Waals surface area contributed by atoms with Crippen LogP contribution in [0.15, 0.2) is 0 Å². The van der Waals surface area contributed by atoms with Gasteiger partial charge in [0, 0.05) is 24.4 Å². The van der Waals surface area contributed by atoms with E-state index in [9.17, 15) is 9.90 Å². The lowest BCUT2D eigenvalue weighted by Crippen LogP contribution is -2.46. The molecule has 2 heterocycles. The predicted molar refractivity (Wildman–Crippen MR) is 84.7 cm³/mol. The number of rotatable bonds is 5. The van der Waals surface area contributed by atoms with Gasteiger partial charge in [0.1, 0.15) is 0 Å². The second-order valence-electron chi connectivity index (χ2n) is 5.66. The van der Waals surface area contributed by atoms with Crippen molar-refractivity contribution in [1.82, 2.24) is 15.2 Å². The summed E-state index contributed by atoms with van der Waals surface area (Å²) in [5.74, 6) is 0.370. The van der Waals surface area contributed by atoms with Gasteiger partial charge < -0.3 is 15.3 Å². The zero-order chi connectivity index (χ0) is 15.4. The molecule has 1 aromatic heterocycles. The van der Waals surface area contributed by atoms with Crippen molar-refractivity contribution in [3.63, 3.8) is 0 Å². The SMILES string of the molecule is CCc1nc(CCNC(=O)N2CC[C@@H](C)[C@H]2CO)sc1C. The highest BCUT2D eigenvalue weighted by Crippen LogP contribution is 2.23. The normalized spacial score (nSPS) is 21.8. The molecule has 0 saturated carbocycles. The minimum absolute atomic E-state index is 0.0418. The van der Waals surface area contributed by atoms with Crippen molar-refractivity contribution >= 4 is 17.4 Å². The lowest BCUT2D eigenvalue weighted by molar-refractivity contribution is 0.144. The monoisotopic (exact) mass is 311 g/mol. The number of nitrogens with zero attached hydrogens (tertiary/aromatic N) is 2. The molecule has 21 heavy (non-hydrogen) atoms. The number of nitrogens with one attached hydrogen (secondary N) is 1. The van der Waals surface area contributed by atoms with E-state index in [1.165, 1.54) is 4.88 Å². The number of amides is 2. The highest BCUT2D eigenvalue weighted by atomic mass is 32.1. The van der Waals surface area contributed by atoms with Crippen LogP contribution in [0.5, 0.6) is 0 Å². The topological polar surface area (TPSA) is 65.5 Å². The minimum atomic E-state index is -0.0672. The number of aryl methyl sites for hydroxylation is 2. The van der Waals surface area contributed by atoms with Gasteiger partial charge in [0.05, 0.1) is 23.4 Å². The molecule has 2 atom stereocenters. The van der Waals surface area contributed by atoms with E-state index in [2.05, 4.69) is 31.1 Å². The van der Waals surface area contributed by atoms with Crippen LogP contribution in [0.1, 0.15) is 35.8 Å². The first-order valence-corrected chi connectivity index (χ1v) is 8.49. The van der Waals surface area contributed by atoms with E-state index in [1.54, 1.807) is 16.2 Å². The summed E-state index contributed by atoms with van der Waals surface area (Å²) in [6.45, 7) is 7.65. The Morgan fingerprint density at radius 3 is 2.95 bits per heavy atom. The Bertz CT molecular complexity index is 489. The molecule has 0 radical (unpaired) electrons. The number of aliphatic hydroxyl groups excluding tert-OH is 1. The minimum Gasteiger partial charge on any atom is -0.394 e. The molecular weight excluding hydrogens is 286 g/mol. The number of aromatic nitrogens is 1. The highest BCUT2D eigenvalue weighted by molar-refractivity contribution is 7.11. The molecule has 0 unspecified atom stereocenters. The summed E-state index contributed by atoms with van der Waals surface area (Å²) >= 11 is 1.71. The number of urea groups is 1. The zero-order valence-corrected chi connectivity index (χ0v) is 13.9. The number of thiazole rings is 1. The van der Waals surface area contributed by atoms with Crippen LogP contribution in [0, 0.1) is 12.8 Å². The van der Waals surface area contributed by atoms with Gasteiger partial charge in [-0.25, -0.2) is 9.78 Å². The fourth-order valence-corrected chi connectivity index (χ4v) is 3.86. The summed E-state index contributed by atoms with van der Waals surface area (Å²) in [5, 5.41) is 13.4.